The van der Waals surface area contributed by atoms with Crippen molar-refractivity contribution >= 4 is 0 Å². The summed E-state index contributed by atoms with van der Waals surface area (Å²) in [6, 6.07) is 6.65. The third kappa shape index (κ3) is 7.63. The Bertz CT molecular complexity index is 328. The number of nitriles is 3. The zero-order valence-corrected chi connectivity index (χ0v) is 12.7. The van der Waals surface area contributed by atoms with Gasteiger partial charge in [-0.25, -0.2) is 0 Å². The van der Waals surface area contributed by atoms with E-state index in [1.165, 1.54) is 0 Å². The first-order chi connectivity index (χ1) is 10.3. The molecule has 0 aromatic rings. The van der Waals surface area contributed by atoms with Crippen LogP contribution in [0.4, 0.5) is 0 Å². The molecule has 0 aliphatic carbocycles. The van der Waals surface area contributed by atoms with Crippen LogP contribution in [0.2, 0.25) is 0 Å². The van der Waals surface area contributed by atoms with Crippen molar-refractivity contribution in [3.05, 3.63) is 0 Å². The number of rotatable bonds is 3. The summed E-state index contributed by atoms with van der Waals surface area (Å²) >= 11 is 0. The molecule has 6 nitrogen and oxygen atoms in total. The summed E-state index contributed by atoms with van der Waals surface area (Å²) in [5.74, 6) is 0. The summed E-state index contributed by atoms with van der Waals surface area (Å²) in [6.07, 6.45) is 2.97. The van der Waals surface area contributed by atoms with Gasteiger partial charge in [-0.2, -0.15) is 15.8 Å². The van der Waals surface area contributed by atoms with Crippen LogP contribution in [0.1, 0.15) is 19.3 Å². The first-order valence-electron chi connectivity index (χ1n) is 7.58. The Morgan fingerprint density at radius 1 is 0.524 bits per heavy atom. The van der Waals surface area contributed by atoms with E-state index in [0.29, 0.717) is 19.6 Å². The Morgan fingerprint density at radius 3 is 0.952 bits per heavy atom. The lowest BCUT2D eigenvalue weighted by molar-refractivity contribution is 0.206. The van der Waals surface area contributed by atoms with Crippen LogP contribution >= 0.6 is 0 Å². The van der Waals surface area contributed by atoms with Gasteiger partial charge in [0.15, 0.2) is 0 Å². The molecule has 21 heavy (non-hydrogen) atoms. The SMILES string of the molecule is N#CCN1CCCN(CC#N)CCCN(CC#N)CCC1. The average Bonchev–Trinajstić information content (AvgIpc) is 2.45. The summed E-state index contributed by atoms with van der Waals surface area (Å²) in [5.41, 5.74) is 0. The molecular weight excluding hydrogens is 264 g/mol. The van der Waals surface area contributed by atoms with Gasteiger partial charge in [-0.05, 0) is 19.3 Å². The van der Waals surface area contributed by atoms with Gasteiger partial charge in [0.2, 0.25) is 0 Å². The second-order valence-corrected chi connectivity index (χ2v) is 5.36. The molecule has 0 radical (unpaired) electrons. The van der Waals surface area contributed by atoms with Gasteiger partial charge in [-0.1, -0.05) is 0 Å². The van der Waals surface area contributed by atoms with Crippen molar-refractivity contribution in [1.82, 2.24) is 14.7 Å². The van der Waals surface area contributed by atoms with Crippen molar-refractivity contribution in [2.75, 3.05) is 58.9 Å². The number of hydrogen-bond donors (Lipinski definition) is 0. The summed E-state index contributed by atoms with van der Waals surface area (Å²) in [4.78, 5) is 6.49. The molecular formula is C15H24N6. The highest BCUT2D eigenvalue weighted by atomic mass is 15.2. The molecule has 0 unspecified atom stereocenters. The molecule has 1 aliphatic heterocycles. The Hall–Kier alpha value is -1.65. The Balaban J connectivity index is 2.58. The van der Waals surface area contributed by atoms with Gasteiger partial charge in [0.25, 0.3) is 0 Å². The van der Waals surface area contributed by atoms with Gasteiger partial charge in [0.1, 0.15) is 0 Å². The largest absolute Gasteiger partial charge is 0.290 e. The number of hydrogen-bond acceptors (Lipinski definition) is 6. The molecule has 1 heterocycles. The minimum Gasteiger partial charge on any atom is -0.290 e. The van der Waals surface area contributed by atoms with Crippen molar-refractivity contribution in [2.45, 2.75) is 19.3 Å². The minimum absolute atomic E-state index is 0.455. The highest BCUT2D eigenvalue weighted by Crippen LogP contribution is 2.03. The topological polar surface area (TPSA) is 81.1 Å². The molecule has 0 amide bonds. The zero-order chi connectivity index (χ0) is 15.3. The Morgan fingerprint density at radius 2 is 0.762 bits per heavy atom. The molecule has 0 aromatic carbocycles. The lowest BCUT2D eigenvalue weighted by Gasteiger charge is -2.27. The minimum atomic E-state index is 0.455. The van der Waals surface area contributed by atoms with E-state index in [4.69, 9.17) is 15.8 Å². The van der Waals surface area contributed by atoms with E-state index >= 15 is 0 Å². The zero-order valence-electron chi connectivity index (χ0n) is 12.7. The van der Waals surface area contributed by atoms with E-state index < -0.39 is 0 Å². The van der Waals surface area contributed by atoms with Gasteiger partial charge in [-0.15, -0.1) is 0 Å². The van der Waals surface area contributed by atoms with Crippen molar-refractivity contribution in [1.29, 1.82) is 15.8 Å². The molecule has 0 atom stereocenters. The predicted molar refractivity (Wildman–Crippen MR) is 80.0 cm³/mol. The van der Waals surface area contributed by atoms with Crippen molar-refractivity contribution in [2.24, 2.45) is 0 Å². The third-order valence-electron chi connectivity index (χ3n) is 3.73. The predicted octanol–water partition coefficient (Wildman–Crippen LogP) is 0.647. The maximum absolute atomic E-state index is 8.88. The van der Waals surface area contributed by atoms with E-state index in [2.05, 4.69) is 32.9 Å². The van der Waals surface area contributed by atoms with Crippen LogP contribution < -0.4 is 0 Å². The normalized spacial score (nSPS) is 20.4. The van der Waals surface area contributed by atoms with E-state index in [9.17, 15) is 0 Å². The quantitative estimate of drug-likeness (QED) is 0.709. The molecule has 0 spiro atoms. The molecule has 6 heteroatoms. The van der Waals surface area contributed by atoms with Crippen molar-refractivity contribution in [3.63, 3.8) is 0 Å². The van der Waals surface area contributed by atoms with E-state index in [1.807, 2.05) is 0 Å². The Kier molecular flexibility index (Phi) is 9.16. The smallest absolute Gasteiger partial charge is 0.0866 e. The molecule has 0 N–H and O–H groups in total. The van der Waals surface area contributed by atoms with Gasteiger partial charge in [-0.3, -0.25) is 14.7 Å². The molecule has 0 saturated carbocycles. The average molecular weight is 288 g/mol. The fourth-order valence-corrected chi connectivity index (χ4v) is 2.66. The van der Waals surface area contributed by atoms with Crippen molar-refractivity contribution in [3.8, 4) is 18.2 Å². The molecule has 1 aliphatic rings. The van der Waals surface area contributed by atoms with Gasteiger partial charge in [0, 0.05) is 39.3 Å². The van der Waals surface area contributed by atoms with Gasteiger partial charge >= 0.3 is 0 Å². The molecule has 1 fully saturated rings. The van der Waals surface area contributed by atoms with Crippen LogP contribution in [0.15, 0.2) is 0 Å². The Labute approximate surface area is 127 Å². The van der Waals surface area contributed by atoms with Crippen LogP contribution in [-0.4, -0.2) is 73.6 Å². The fraction of sp³-hybridized carbons (Fsp3) is 0.800. The summed E-state index contributed by atoms with van der Waals surface area (Å²) < 4.78 is 0. The van der Waals surface area contributed by atoms with Crippen LogP contribution in [0.3, 0.4) is 0 Å². The van der Waals surface area contributed by atoms with Crippen molar-refractivity contribution < 1.29 is 0 Å². The molecule has 0 aromatic heterocycles. The van der Waals surface area contributed by atoms with Gasteiger partial charge < -0.3 is 0 Å². The second kappa shape index (κ2) is 11.1. The van der Waals surface area contributed by atoms with Gasteiger partial charge in [0.05, 0.1) is 37.8 Å². The second-order valence-electron chi connectivity index (χ2n) is 5.36. The van der Waals surface area contributed by atoms with E-state index in [0.717, 1.165) is 58.5 Å². The van der Waals surface area contributed by atoms with Crippen LogP contribution in [-0.2, 0) is 0 Å². The maximum Gasteiger partial charge on any atom is 0.0866 e. The molecule has 0 bridgehead atoms. The first kappa shape index (κ1) is 17.4. The highest BCUT2D eigenvalue weighted by Gasteiger charge is 2.12. The summed E-state index contributed by atoms with van der Waals surface area (Å²) in [6.45, 7) is 6.74. The summed E-state index contributed by atoms with van der Waals surface area (Å²) in [7, 11) is 0. The monoisotopic (exact) mass is 288 g/mol. The third-order valence-corrected chi connectivity index (χ3v) is 3.73. The fourth-order valence-electron chi connectivity index (χ4n) is 2.66. The van der Waals surface area contributed by atoms with Crippen LogP contribution in [0.5, 0.6) is 0 Å². The van der Waals surface area contributed by atoms with E-state index in [1.54, 1.807) is 0 Å². The van der Waals surface area contributed by atoms with E-state index in [-0.39, 0.29) is 0 Å². The lowest BCUT2D eigenvalue weighted by Crippen LogP contribution is -2.36. The molecule has 114 valence electrons. The number of nitrogens with zero attached hydrogens (tertiary/aromatic N) is 6. The molecule has 1 saturated heterocycles. The van der Waals surface area contributed by atoms with Crippen LogP contribution in [0.25, 0.3) is 0 Å². The first-order valence-corrected chi connectivity index (χ1v) is 7.58. The standard InChI is InChI=1S/C15H24N6/c16-4-13-19-7-1-8-20(14-5-17)10-3-12-21(15-6-18)11-2-9-19/h1-3,7-15H2. The molecule has 1 rings (SSSR count). The maximum atomic E-state index is 8.88. The van der Waals surface area contributed by atoms with Crippen LogP contribution in [0, 0.1) is 34.0 Å². The summed E-state index contributed by atoms with van der Waals surface area (Å²) in [5, 5.41) is 26.6. The highest BCUT2D eigenvalue weighted by molar-refractivity contribution is 4.81. The lowest BCUT2D eigenvalue weighted by atomic mass is 10.2.